The minimum atomic E-state index is -0.525. The first-order valence-electron chi connectivity index (χ1n) is 6.53. The number of likely N-dealkylation sites (tertiary alicyclic amines) is 1. The van der Waals surface area contributed by atoms with Crippen LogP contribution in [0.5, 0.6) is 0 Å². The van der Waals surface area contributed by atoms with E-state index in [0.29, 0.717) is 13.1 Å². The minimum absolute atomic E-state index is 0. The molecule has 0 radical (unpaired) electrons. The Morgan fingerprint density at radius 1 is 1.52 bits per heavy atom. The van der Waals surface area contributed by atoms with Crippen LogP contribution in [-0.4, -0.2) is 41.9 Å². The molecule has 21 heavy (non-hydrogen) atoms. The molecule has 7 nitrogen and oxygen atoms in total. The summed E-state index contributed by atoms with van der Waals surface area (Å²) in [4.78, 5) is 24.4. The zero-order valence-electron chi connectivity index (χ0n) is 11.7. The molecule has 1 aliphatic rings. The lowest BCUT2D eigenvalue weighted by molar-refractivity contribution is -0.384. The number of piperidine rings is 1. The topological polar surface area (TPSA) is 102 Å². The molecule has 1 heterocycles. The van der Waals surface area contributed by atoms with Gasteiger partial charge in [0.05, 0.1) is 10.5 Å². The van der Waals surface area contributed by atoms with Gasteiger partial charge in [0.2, 0.25) is 0 Å². The number of nitrogens with zero attached hydrogens (tertiary/aromatic N) is 2. The van der Waals surface area contributed by atoms with Crippen molar-refractivity contribution in [1.82, 2.24) is 10.2 Å². The number of carbonyl (C=O) groups excluding carboxylic acids is 1. The Balaban J connectivity index is 0.00000220. The lowest BCUT2D eigenvalue weighted by Gasteiger charge is -2.32. The fraction of sp³-hybridized carbons (Fsp3) is 0.462. The van der Waals surface area contributed by atoms with Crippen molar-refractivity contribution in [2.45, 2.75) is 18.9 Å². The molecule has 1 unspecified atom stereocenters. The predicted molar refractivity (Wildman–Crippen MR) is 82.7 cm³/mol. The van der Waals surface area contributed by atoms with E-state index in [-0.39, 0.29) is 41.3 Å². The van der Waals surface area contributed by atoms with E-state index < -0.39 is 4.92 Å². The van der Waals surface area contributed by atoms with Gasteiger partial charge in [-0.3, -0.25) is 14.9 Å². The number of non-ortho nitro benzene ring substituents is 1. The number of amides is 1. The molecule has 3 N–H and O–H groups in total. The minimum Gasteiger partial charge on any atom is -0.398 e. The number of nitro groups is 1. The summed E-state index contributed by atoms with van der Waals surface area (Å²) >= 11 is 0. The first kappa shape index (κ1) is 17.2. The monoisotopic (exact) mass is 314 g/mol. The van der Waals surface area contributed by atoms with Crippen LogP contribution in [0, 0.1) is 10.1 Å². The second kappa shape index (κ2) is 7.24. The first-order valence-corrected chi connectivity index (χ1v) is 6.53. The standard InChI is InChI=1S/C13H18N4O3.ClH/c1-15-9-3-2-6-16(8-9)13(18)11-7-10(17(19)20)4-5-12(11)14;/h4-5,7,9,15H,2-3,6,8,14H2,1H3;1H. The van der Waals surface area contributed by atoms with Crippen molar-refractivity contribution in [2.75, 3.05) is 25.9 Å². The van der Waals surface area contributed by atoms with E-state index >= 15 is 0 Å². The molecule has 0 saturated carbocycles. The fourth-order valence-corrected chi connectivity index (χ4v) is 2.41. The van der Waals surface area contributed by atoms with E-state index in [0.717, 1.165) is 12.8 Å². The van der Waals surface area contributed by atoms with Crippen LogP contribution in [0.4, 0.5) is 11.4 Å². The Hall–Kier alpha value is -1.86. The first-order chi connectivity index (χ1) is 9.52. The highest BCUT2D eigenvalue weighted by Crippen LogP contribution is 2.22. The molecule has 2 rings (SSSR count). The maximum atomic E-state index is 12.5. The van der Waals surface area contributed by atoms with Crippen LogP contribution in [0.3, 0.4) is 0 Å². The van der Waals surface area contributed by atoms with Gasteiger partial charge in [-0.2, -0.15) is 0 Å². The predicted octanol–water partition coefficient (Wildman–Crippen LogP) is 1.42. The molecule has 0 aliphatic carbocycles. The lowest BCUT2D eigenvalue weighted by Crippen LogP contribution is -2.47. The molecular formula is C13H19ClN4O3. The average Bonchev–Trinajstić information content (AvgIpc) is 2.46. The smallest absolute Gasteiger partial charge is 0.270 e. The van der Waals surface area contributed by atoms with E-state index in [4.69, 9.17) is 5.73 Å². The van der Waals surface area contributed by atoms with Crippen molar-refractivity contribution in [3.8, 4) is 0 Å². The Labute approximate surface area is 129 Å². The zero-order chi connectivity index (χ0) is 14.7. The Morgan fingerprint density at radius 2 is 2.24 bits per heavy atom. The van der Waals surface area contributed by atoms with E-state index in [2.05, 4.69) is 5.32 Å². The number of carbonyl (C=O) groups is 1. The molecule has 1 saturated heterocycles. The third kappa shape index (κ3) is 3.83. The largest absolute Gasteiger partial charge is 0.398 e. The van der Waals surface area contributed by atoms with Crippen LogP contribution in [0.2, 0.25) is 0 Å². The summed E-state index contributed by atoms with van der Waals surface area (Å²) in [6, 6.07) is 4.22. The summed E-state index contributed by atoms with van der Waals surface area (Å²) < 4.78 is 0. The van der Waals surface area contributed by atoms with Crippen LogP contribution in [0.15, 0.2) is 18.2 Å². The maximum absolute atomic E-state index is 12.5. The summed E-state index contributed by atoms with van der Waals surface area (Å²) in [7, 11) is 1.86. The lowest BCUT2D eigenvalue weighted by atomic mass is 10.0. The fourth-order valence-electron chi connectivity index (χ4n) is 2.41. The number of anilines is 1. The van der Waals surface area contributed by atoms with Crippen LogP contribution in [0.25, 0.3) is 0 Å². The van der Waals surface area contributed by atoms with E-state index in [9.17, 15) is 14.9 Å². The number of likely N-dealkylation sites (N-methyl/N-ethyl adjacent to an activating group) is 1. The zero-order valence-corrected chi connectivity index (χ0v) is 12.6. The summed E-state index contributed by atoms with van der Waals surface area (Å²) in [5, 5.41) is 13.9. The van der Waals surface area contributed by atoms with Gasteiger partial charge < -0.3 is 16.0 Å². The second-order valence-electron chi connectivity index (χ2n) is 4.91. The van der Waals surface area contributed by atoms with Crippen molar-refractivity contribution < 1.29 is 9.72 Å². The summed E-state index contributed by atoms with van der Waals surface area (Å²) in [5.41, 5.74) is 6.13. The molecule has 1 fully saturated rings. The van der Waals surface area contributed by atoms with Crippen molar-refractivity contribution in [2.24, 2.45) is 0 Å². The van der Waals surface area contributed by atoms with Gasteiger partial charge in [0.25, 0.3) is 11.6 Å². The molecule has 1 aromatic carbocycles. The van der Waals surface area contributed by atoms with Gasteiger partial charge in [0, 0.05) is 37.0 Å². The van der Waals surface area contributed by atoms with Crippen molar-refractivity contribution >= 4 is 29.7 Å². The van der Waals surface area contributed by atoms with Gasteiger partial charge in [0.15, 0.2) is 0 Å². The molecule has 0 spiro atoms. The number of rotatable bonds is 3. The molecule has 116 valence electrons. The van der Waals surface area contributed by atoms with Crippen molar-refractivity contribution in [1.29, 1.82) is 0 Å². The van der Waals surface area contributed by atoms with E-state index in [1.165, 1.54) is 18.2 Å². The second-order valence-corrected chi connectivity index (χ2v) is 4.91. The van der Waals surface area contributed by atoms with Gasteiger partial charge in [-0.15, -0.1) is 12.4 Å². The average molecular weight is 315 g/mol. The van der Waals surface area contributed by atoms with E-state index in [1.807, 2.05) is 7.05 Å². The summed E-state index contributed by atoms with van der Waals surface area (Å²) in [6.07, 6.45) is 1.93. The SMILES string of the molecule is CNC1CCCN(C(=O)c2cc([N+](=O)[O-])ccc2N)C1.Cl. The maximum Gasteiger partial charge on any atom is 0.270 e. The van der Waals surface area contributed by atoms with Crippen LogP contribution < -0.4 is 11.1 Å². The van der Waals surface area contributed by atoms with Crippen molar-refractivity contribution in [3.63, 3.8) is 0 Å². The summed E-state index contributed by atoms with van der Waals surface area (Å²) in [6.45, 7) is 1.25. The van der Waals surface area contributed by atoms with Gasteiger partial charge in [0.1, 0.15) is 0 Å². The van der Waals surface area contributed by atoms with Gasteiger partial charge in [-0.05, 0) is 26.0 Å². The number of hydrogen-bond acceptors (Lipinski definition) is 5. The molecule has 1 aliphatic heterocycles. The summed E-state index contributed by atoms with van der Waals surface area (Å²) in [5.74, 6) is -0.244. The number of halogens is 1. The number of hydrogen-bond donors (Lipinski definition) is 2. The molecule has 0 aromatic heterocycles. The highest BCUT2D eigenvalue weighted by molar-refractivity contribution is 5.99. The van der Waals surface area contributed by atoms with E-state index in [1.54, 1.807) is 4.90 Å². The molecule has 1 aromatic rings. The van der Waals surface area contributed by atoms with Crippen LogP contribution in [-0.2, 0) is 0 Å². The van der Waals surface area contributed by atoms with Gasteiger partial charge in [-0.25, -0.2) is 0 Å². The quantitative estimate of drug-likeness (QED) is 0.499. The molecule has 1 atom stereocenters. The number of nitro benzene ring substituents is 1. The molecular weight excluding hydrogens is 296 g/mol. The number of nitrogens with two attached hydrogens (primary N) is 1. The Bertz CT molecular complexity index is 538. The van der Waals surface area contributed by atoms with Crippen LogP contribution in [0.1, 0.15) is 23.2 Å². The Morgan fingerprint density at radius 3 is 2.86 bits per heavy atom. The molecule has 1 amide bonds. The molecule has 0 bridgehead atoms. The highest BCUT2D eigenvalue weighted by Gasteiger charge is 2.25. The number of nitrogens with one attached hydrogen (secondary N) is 1. The third-order valence-electron chi connectivity index (χ3n) is 3.59. The van der Waals surface area contributed by atoms with Gasteiger partial charge in [-0.1, -0.05) is 0 Å². The highest BCUT2D eigenvalue weighted by atomic mass is 35.5. The number of nitrogen functional groups attached to an aromatic ring is 1. The molecule has 8 heteroatoms. The van der Waals surface area contributed by atoms with Crippen molar-refractivity contribution in [3.05, 3.63) is 33.9 Å². The van der Waals surface area contributed by atoms with Gasteiger partial charge >= 0.3 is 0 Å². The normalized spacial score (nSPS) is 18.0. The third-order valence-corrected chi connectivity index (χ3v) is 3.59. The number of benzene rings is 1. The Kier molecular flexibility index (Phi) is 5.92. The van der Waals surface area contributed by atoms with Crippen LogP contribution >= 0.6 is 12.4 Å².